The zero-order valence-corrected chi connectivity index (χ0v) is 5.71. The van der Waals surface area contributed by atoms with Crippen molar-refractivity contribution < 1.29 is 4.55 Å². The van der Waals surface area contributed by atoms with Crippen LogP contribution in [0.4, 0.5) is 0 Å². The van der Waals surface area contributed by atoms with Gasteiger partial charge in [-0.3, -0.25) is 0 Å². The molecule has 0 aromatic carbocycles. The molecule has 0 aliphatic heterocycles. The molecule has 2 nitrogen and oxygen atoms in total. The second-order valence-corrected chi connectivity index (χ2v) is 2.87. The van der Waals surface area contributed by atoms with Crippen LogP contribution in [0.15, 0.2) is 0 Å². The monoisotopic (exact) mass is 121 g/mol. The maximum Gasteiger partial charge on any atom is 0.115 e. The fraction of sp³-hybridized carbons (Fsp3) is 1.00. The highest BCUT2D eigenvalue weighted by Gasteiger charge is 1.96. The van der Waals surface area contributed by atoms with E-state index in [1.807, 2.05) is 13.8 Å². The van der Waals surface area contributed by atoms with Crippen molar-refractivity contribution in [3.8, 4) is 0 Å². The van der Waals surface area contributed by atoms with Gasteiger partial charge in [0.2, 0.25) is 0 Å². The van der Waals surface area contributed by atoms with E-state index in [1.165, 1.54) is 0 Å². The number of hydrogen-bond acceptors (Lipinski definition) is 2. The van der Waals surface area contributed by atoms with E-state index in [2.05, 4.69) is 4.72 Å². The highest BCUT2D eigenvalue weighted by Crippen LogP contribution is 1.79. The molecule has 0 amide bonds. The molecule has 0 saturated carbocycles. The minimum Gasteiger partial charge on any atom is -0.598 e. The predicted molar refractivity (Wildman–Crippen MR) is 32.3 cm³/mol. The summed E-state index contributed by atoms with van der Waals surface area (Å²) in [5.74, 6) is 0. The molecule has 0 radical (unpaired) electrons. The lowest BCUT2D eigenvalue weighted by Gasteiger charge is -2.07. The fourth-order valence-corrected chi connectivity index (χ4v) is 0.996. The maximum absolute atomic E-state index is 10.3. The highest BCUT2D eigenvalue weighted by molar-refractivity contribution is 7.88. The molecule has 1 N–H and O–H groups in total. The number of nitrogens with one attached hydrogen (secondary N) is 1. The van der Waals surface area contributed by atoms with E-state index in [-0.39, 0.29) is 0 Å². The van der Waals surface area contributed by atoms with E-state index in [0.717, 1.165) is 0 Å². The Labute approximate surface area is 47.6 Å². The normalized spacial score (nSPS) is 15.0. The smallest absolute Gasteiger partial charge is 0.115 e. The van der Waals surface area contributed by atoms with Crippen LogP contribution >= 0.6 is 0 Å². The summed E-state index contributed by atoms with van der Waals surface area (Å²) in [4.78, 5) is 0. The van der Waals surface area contributed by atoms with Crippen molar-refractivity contribution in [3.05, 3.63) is 0 Å². The van der Waals surface area contributed by atoms with Crippen molar-refractivity contribution in [2.24, 2.45) is 0 Å². The summed E-state index contributed by atoms with van der Waals surface area (Å²) in [5.41, 5.74) is 0. The van der Waals surface area contributed by atoms with Crippen LogP contribution in [-0.2, 0) is 11.4 Å². The summed E-state index contributed by atoms with van der Waals surface area (Å²) in [6.45, 7) is 3.92. The van der Waals surface area contributed by atoms with Crippen molar-refractivity contribution in [3.63, 3.8) is 0 Å². The third-order valence-corrected chi connectivity index (χ3v) is 1.20. The second-order valence-electron chi connectivity index (χ2n) is 1.73. The van der Waals surface area contributed by atoms with Crippen molar-refractivity contribution in [2.75, 3.05) is 6.26 Å². The molecule has 7 heavy (non-hydrogen) atoms. The molecule has 3 heteroatoms. The molecular formula is C4H11NOS. The van der Waals surface area contributed by atoms with Gasteiger partial charge in [-0.15, -0.1) is 4.72 Å². The van der Waals surface area contributed by atoms with Gasteiger partial charge in [0.25, 0.3) is 0 Å². The molecule has 0 bridgehead atoms. The topological polar surface area (TPSA) is 35.1 Å². The second kappa shape index (κ2) is 3.29. The van der Waals surface area contributed by atoms with Crippen LogP contribution < -0.4 is 4.72 Å². The van der Waals surface area contributed by atoms with Gasteiger partial charge in [0, 0.05) is 17.4 Å². The van der Waals surface area contributed by atoms with Gasteiger partial charge in [-0.25, -0.2) is 0 Å². The highest BCUT2D eigenvalue weighted by atomic mass is 32.2. The zero-order chi connectivity index (χ0) is 5.86. The van der Waals surface area contributed by atoms with Crippen LogP contribution in [-0.4, -0.2) is 16.9 Å². The molecule has 1 atom stereocenters. The molecular weight excluding hydrogens is 110 g/mol. The first-order chi connectivity index (χ1) is 3.13. The predicted octanol–water partition coefficient (Wildman–Crippen LogP) is 0.278. The van der Waals surface area contributed by atoms with E-state index in [1.54, 1.807) is 6.26 Å². The minimum atomic E-state index is -0.846. The first kappa shape index (κ1) is 7.27. The van der Waals surface area contributed by atoms with Gasteiger partial charge in [0.15, 0.2) is 0 Å². The molecule has 0 unspecified atom stereocenters. The lowest BCUT2D eigenvalue weighted by molar-refractivity contribution is 0.575. The molecule has 0 aliphatic rings. The Morgan fingerprint density at radius 1 is 1.57 bits per heavy atom. The molecule has 0 heterocycles. The maximum atomic E-state index is 10.3. The number of hydrogen-bond donors (Lipinski definition) is 1. The van der Waals surface area contributed by atoms with Gasteiger partial charge in [0.05, 0.1) is 0 Å². The van der Waals surface area contributed by atoms with Gasteiger partial charge < -0.3 is 4.55 Å². The third-order valence-electron chi connectivity index (χ3n) is 0.402. The average Bonchev–Trinajstić information content (AvgIpc) is 1.27. The first-order valence-electron chi connectivity index (χ1n) is 2.22. The molecule has 0 spiro atoms. The Morgan fingerprint density at radius 2 is 2.00 bits per heavy atom. The van der Waals surface area contributed by atoms with Gasteiger partial charge in [0.1, 0.15) is 6.26 Å². The van der Waals surface area contributed by atoms with E-state index >= 15 is 0 Å². The molecule has 0 aromatic heterocycles. The van der Waals surface area contributed by atoms with Gasteiger partial charge in [-0.1, -0.05) is 0 Å². The van der Waals surface area contributed by atoms with Gasteiger partial charge in [-0.05, 0) is 13.8 Å². The molecule has 0 fully saturated rings. The lowest BCUT2D eigenvalue weighted by Crippen LogP contribution is -2.28. The lowest BCUT2D eigenvalue weighted by atomic mass is 10.4. The summed E-state index contributed by atoms with van der Waals surface area (Å²) in [6, 6.07) is 0.325. The van der Waals surface area contributed by atoms with Crippen LogP contribution in [0.2, 0.25) is 0 Å². The van der Waals surface area contributed by atoms with E-state index in [9.17, 15) is 4.55 Å². The van der Waals surface area contributed by atoms with Gasteiger partial charge in [-0.2, -0.15) is 0 Å². The Balaban J connectivity index is 2.95. The SMILES string of the molecule is CC(C)N[S@@+](C)[O-]. The summed E-state index contributed by atoms with van der Waals surface area (Å²) < 4.78 is 13.0. The summed E-state index contributed by atoms with van der Waals surface area (Å²) >= 11 is -0.846. The molecule has 44 valence electrons. The number of rotatable bonds is 2. The van der Waals surface area contributed by atoms with Crippen molar-refractivity contribution >= 4 is 11.4 Å². The van der Waals surface area contributed by atoms with E-state index in [0.29, 0.717) is 6.04 Å². The molecule has 0 rings (SSSR count). The quantitative estimate of drug-likeness (QED) is 0.532. The average molecular weight is 121 g/mol. The Morgan fingerprint density at radius 3 is 2.00 bits per heavy atom. The first-order valence-corrected chi connectivity index (χ1v) is 3.78. The third kappa shape index (κ3) is 6.27. The summed E-state index contributed by atoms with van der Waals surface area (Å²) in [6.07, 6.45) is 1.62. The van der Waals surface area contributed by atoms with Crippen LogP contribution in [0.3, 0.4) is 0 Å². The van der Waals surface area contributed by atoms with Crippen molar-refractivity contribution in [1.29, 1.82) is 0 Å². The van der Waals surface area contributed by atoms with Gasteiger partial charge >= 0.3 is 0 Å². The van der Waals surface area contributed by atoms with Crippen LogP contribution in [0.5, 0.6) is 0 Å². The van der Waals surface area contributed by atoms with Crippen molar-refractivity contribution in [1.82, 2.24) is 4.72 Å². The standard InChI is InChI=1S/C4H11NOS/c1-4(2)5-7(3)6/h4-5H,1-3H3/t7-/m1/s1. The van der Waals surface area contributed by atoms with Crippen LogP contribution in [0.25, 0.3) is 0 Å². The minimum absolute atomic E-state index is 0.325. The Hall–Kier alpha value is 0.270. The molecule has 0 saturated heterocycles. The summed E-state index contributed by atoms with van der Waals surface area (Å²) in [5, 5.41) is 0. The van der Waals surface area contributed by atoms with E-state index < -0.39 is 11.4 Å². The zero-order valence-electron chi connectivity index (χ0n) is 4.89. The molecule has 0 aromatic rings. The summed E-state index contributed by atoms with van der Waals surface area (Å²) in [7, 11) is 0. The largest absolute Gasteiger partial charge is 0.598 e. The fourth-order valence-electron chi connectivity index (χ4n) is 0.332. The molecule has 0 aliphatic carbocycles. The van der Waals surface area contributed by atoms with Crippen molar-refractivity contribution in [2.45, 2.75) is 19.9 Å². The van der Waals surface area contributed by atoms with Crippen LogP contribution in [0, 0.1) is 0 Å². The van der Waals surface area contributed by atoms with Crippen LogP contribution in [0.1, 0.15) is 13.8 Å². The van der Waals surface area contributed by atoms with E-state index in [4.69, 9.17) is 0 Å². The Kier molecular flexibility index (Phi) is 3.42. The Bertz CT molecular complexity index is 41.0.